The Morgan fingerprint density at radius 2 is 1.73 bits per heavy atom. The fourth-order valence-electron chi connectivity index (χ4n) is 2.40. The van der Waals surface area contributed by atoms with Crippen molar-refractivity contribution in [1.29, 1.82) is 0 Å². The molecule has 6 heteroatoms. The zero-order chi connectivity index (χ0) is 18.9. The fraction of sp³-hybridized carbons (Fsp3) is 0.300. The highest BCUT2D eigenvalue weighted by atomic mass is 19.1. The number of aliphatic imine (C=N–C) groups is 1. The number of hydrogen-bond donors (Lipinski definition) is 3. The van der Waals surface area contributed by atoms with Gasteiger partial charge in [0.1, 0.15) is 5.82 Å². The van der Waals surface area contributed by atoms with E-state index in [2.05, 4.69) is 40.0 Å². The average molecular weight is 356 g/mol. The summed E-state index contributed by atoms with van der Waals surface area (Å²) in [4.78, 5) is 16.2. The van der Waals surface area contributed by atoms with Crippen molar-refractivity contribution in [2.24, 2.45) is 4.99 Å². The van der Waals surface area contributed by atoms with E-state index in [-0.39, 0.29) is 11.7 Å². The molecular weight excluding hydrogens is 331 g/mol. The molecule has 2 aromatic rings. The first-order valence-electron chi connectivity index (χ1n) is 8.54. The lowest BCUT2D eigenvalue weighted by atomic mass is 10.1. The molecule has 0 fully saturated rings. The van der Waals surface area contributed by atoms with E-state index in [1.54, 1.807) is 26.1 Å². The summed E-state index contributed by atoms with van der Waals surface area (Å²) >= 11 is 0. The number of halogens is 1. The van der Waals surface area contributed by atoms with Crippen LogP contribution in [0.1, 0.15) is 27.0 Å². The molecule has 0 bridgehead atoms. The third-order valence-electron chi connectivity index (χ3n) is 4.07. The minimum atomic E-state index is -0.378. The predicted octanol–water partition coefficient (Wildman–Crippen LogP) is 2.54. The highest BCUT2D eigenvalue weighted by molar-refractivity contribution is 5.94. The lowest BCUT2D eigenvalue weighted by Gasteiger charge is -2.13. The minimum Gasteiger partial charge on any atom is -0.355 e. The van der Waals surface area contributed by atoms with E-state index >= 15 is 0 Å². The van der Waals surface area contributed by atoms with E-state index in [9.17, 15) is 9.18 Å². The Bertz CT molecular complexity index is 789. The molecule has 0 saturated heterocycles. The molecule has 2 rings (SSSR count). The molecule has 0 heterocycles. The number of nitrogens with one attached hydrogen (secondary N) is 3. The van der Waals surface area contributed by atoms with Crippen molar-refractivity contribution in [2.75, 3.05) is 20.1 Å². The molecule has 0 atom stereocenters. The Morgan fingerprint density at radius 1 is 1.00 bits per heavy atom. The van der Waals surface area contributed by atoms with Gasteiger partial charge in [0.2, 0.25) is 0 Å². The van der Waals surface area contributed by atoms with Crippen LogP contribution in [0.3, 0.4) is 0 Å². The lowest BCUT2D eigenvalue weighted by molar-refractivity contribution is 0.0954. The topological polar surface area (TPSA) is 65.5 Å². The molecule has 0 aliphatic heterocycles. The van der Waals surface area contributed by atoms with Crippen LogP contribution in [0.15, 0.2) is 47.5 Å². The minimum absolute atomic E-state index is 0.298. The molecule has 0 aliphatic rings. The maximum atomic E-state index is 13.5. The number of carbonyl (C=O) groups excluding carboxylic acids is 1. The molecule has 1 amide bonds. The molecule has 0 aliphatic carbocycles. The second-order valence-electron chi connectivity index (χ2n) is 6.00. The Kier molecular flexibility index (Phi) is 7.14. The van der Waals surface area contributed by atoms with Crippen LogP contribution in [0.2, 0.25) is 0 Å². The number of rotatable bonds is 6. The van der Waals surface area contributed by atoms with Gasteiger partial charge in [-0.3, -0.25) is 9.79 Å². The highest BCUT2D eigenvalue weighted by Crippen LogP contribution is 2.09. The van der Waals surface area contributed by atoms with Gasteiger partial charge in [0.25, 0.3) is 5.91 Å². The van der Waals surface area contributed by atoms with Gasteiger partial charge in [-0.15, -0.1) is 0 Å². The first kappa shape index (κ1) is 19.4. The quantitative estimate of drug-likeness (QED) is 0.423. The van der Waals surface area contributed by atoms with E-state index < -0.39 is 0 Å². The van der Waals surface area contributed by atoms with Gasteiger partial charge in [-0.25, -0.2) is 4.39 Å². The van der Waals surface area contributed by atoms with Crippen molar-refractivity contribution < 1.29 is 9.18 Å². The van der Waals surface area contributed by atoms with Crippen LogP contribution in [0.25, 0.3) is 0 Å². The second kappa shape index (κ2) is 9.56. The van der Waals surface area contributed by atoms with Gasteiger partial charge < -0.3 is 16.0 Å². The van der Waals surface area contributed by atoms with Crippen LogP contribution in [0.4, 0.5) is 4.39 Å². The standard InChI is InChI=1S/C20H25FN4O/c1-14-6-4-5-7-17(14)13-25-20(22-3)24-11-10-23-19(26)16-9-8-15(2)18(21)12-16/h4-9,12H,10-11,13H2,1-3H3,(H,23,26)(H2,22,24,25). The largest absolute Gasteiger partial charge is 0.355 e. The van der Waals surface area contributed by atoms with Crippen molar-refractivity contribution in [3.8, 4) is 0 Å². The normalized spacial score (nSPS) is 11.2. The molecular formula is C20H25FN4O. The molecule has 0 radical (unpaired) electrons. The van der Waals surface area contributed by atoms with Crippen molar-refractivity contribution in [1.82, 2.24) is 16.0 Å². The van der Waals surface area contributed by atoms with Crippen molar-refractivity contribution in [2.45, 2.75) is 20.4 Å². The number of aryl methyl sites for hydroxylation is 2. The van der Waals surface area contributed by atoms with Crippen LogP contribution in [-0.4, -0.2) is 32.0 Å². The molecule has 2 aromatic carbocycles. The molecule has 0 saturated carbocycles. The van der Waals surface area contributed by atoms with E-state index in [0.717, 1.165) is 0 Å². The van der Waals surface area contributed by atoms with Gasteiger partial charge in [0.15, 0.2) is 5.96 Å². The van der Waals surface area contributed by atoms with Gasteiger partial charge in [0, 0.05) is 32.2 Å². The van der Waals surface area contributed by atoms with Crippen LogP contribution < -0.4 is 16.0 Å². The van der Waals surface area contributed by atoms with E-state index in [1.807, 2.05) is 12.1 Å². The second-order valence-corrected chi connectivity index (χ2v) is 6.00. The van der Waals surface area contributed by atoms with Gasteiger partial charge in [-0.05, 0) is 42.7 Å². The number of hydrogen-bond acceptors (Lipinski definition) is 2. The maximum absolute atomic E-state index is 13.5. The Hall–Kier alpha value is -2.89. The summed E-state index contributed by atoms with van der Waals surface area (Å²) in [5.74, 6) is -0.0194. The number of benzene rings is 2. The summed E-state index contributed by atoms with van der Waals surface area (Å²) in [5.41, 5.74) is 3.25. The van der Waals surface area contributed by atoms with Gasteiger partial charge >= 0.3 is 0 Å². The summed E-state index contributed by atoms with van der Waals surface area (Å²) in [6, 6.07) is 12.6. The molecule has 0 spiro atoms. The monoisotopic (exact) mass is 356 g/mol. The van der Waals surface area contributed by atoms with E-state index in [0.29, 0.717) is 36.7 Å². The number of amides is 1. The van der Waals surface area contributed by atoms with Gasteiger partial charge in [-0.2, -0.15) is 0 Å². The van der Waals surface area contributed by atoms with Crippen LogP contribution in [0, 0.1) is 19.7 Å². The Labute approximate surface area is 153 Å². The molecule has 138 valence electrons. The maximum Gasteiger partial charge on any atom is 0.251 e. The Balaban J connectivity index is 1.74. The summed E-state index contributed by atoms with van der Waals surface area (Å²) in [6.07, 6.45) is 0. The van der Waals surface area contributed by atoms with Crippen molar-refractivity contribution >= 4 is 11.9 Å². The average Bonchev–Trinajstić information content (AvgIpc) is 2.64. The summed E-state index contributed by atoms with van der Waals surface area (Å²) in [7, 11) is 1.70. The molecule has 0 aromatic heterocycles. The SMILES string of the molecule is CN=C(NCCNC(=O)c1ccc(C)c(F)c1)NCc1ccccc1C. The fourth-order valence-corrected chi connectivity index (χ4v) is 2.40. The van der Waals surface area contributed by atoms with Crippen LogP contribution >= 0.6 is 0 Å². The number of carbonyl (C=O) groups is 1. The van der Waals surface area contributed by atoms with E-state index in [4.69, 9.17) is 0 Å². The summed E-state index contributed by atoms with van der Waals surface area (Å²) < 4.78 is 13.5. The molecule has 26 heavy (non-hydrogen) atoms. The van der Waals surface area contributed by atoms with Gasteiger partial charge in [0.05, 0.1) is 0 Å². The predicted molar refractivity (Wildman–Crippen MR) is 103 cm³/mol. The van der Waals surface area contributed by atoms with Crippen molar-refractivity contribution in [3.05, 3.63) is 70.5 Å². The highest BCUT2D eigenvalue weighted by Gasteiger charge is 2.07. The zero-order valence-electron chi connectivity index (χ0n) is 15.4. The molecule has 5 nitrogen and oxygen atoms in total. The first-order chi connectivity index (χ1) is 12.5. The van der Waals surface area contributed by atoms with E-state index in [1.165, 1.54) is 17.2 Å². The van der Waals surface area contributed by atoms with Crippen molar-refractivity contribution in [3.63, 3.8) is 0 Å². The summed E-state index contributed by atoms with van der Waals surface area (Å²) in [5, 5.41) is 9.13. The van der Waals surface area contributed by atoms with Crippen LogP contribution in [-0.2, 0) is 6.54 Å². The Morgan fingerprint density at radius 3 is 2.42 bits per heavy atom. The smallest absolute Gasteiger partial charge is 0.251 e. The van der Waals surface area contributed by atoms with Crippen LogP contribution in [0.5, 0.6) is 0 Å². The molecule has 0 unspecified atom stereocenters. The lowest BCUT2D eigenvalue weighted by Crippen LogP contribution is -2.41. The summed E-state index contributed by atoms with van der Waals surface area (Å²) in [6.45, 7) is 5.31. The number of nitrogens with zero attached hydrogens (tertiary/aromatic N) is 1. The third-order valence-corrected chi connectivity index (χ3v) is 4.07. The number of guanidine groups is 1. The zero-order valence-corrected chi connectivity index (χ0v) is 15.4. The molecule has 3 N–H and O–H groups in total. The first-order valence-corrected chi connectivity index (χ1v) is 8.54. The van der Waals surface area contributed by atoms with Gasteiger partial charge in [-0.1, -0.05) is 30.3 Å². The third kappa shape index (κ3) is 5.58.